The lowest BCUT2D eigenvalue weighted by Gasteiger charge is -2.34. The summed E-state index contributed by atoms with van der Waals surface area (Å²) in [4.78, 5) is 12.4. The lowest BCUT2D eigenvalue weighted by molar-refractivity contribution is -0.0356. The van der Waals surface area contributed by atoms with Gasteiger partial charge in [0, 0.05) is 24.3 Å². The standard InChI is InChI=1S/C11H13F2N3O/c12-11(13)7-16(6-5-15-11)9-3-1-8(2-4-9)10(14)17/h1-4,15H,5-7H2,(H2,14,17). The van der Waals surface area contributed by atoms with Gasteiger partial charge in [0.25, 0.3) is 0 Å². The zero-order valence-electron chi connectivity index (χ0n) is 9.12. The maximum absolute atomic E-state index is 13.1. The van der Waals surface area contributed by atoms with E-state index in [1.54, 1.807) is 17.0 Å². The highest BCUT2D eigenvalue weighted by Crippen LogP contribution is 2.22. The number of nitrogens with zero attached hydrogens (tertiary/aromatic N) is 1. The molecule has 0 radical (unpaired) electrons. The molecule has 1 aliphatic rings. The fourth-order valence-corrected chi connectivity index (χ4v) is 1.81. The van der Waals surface area contributed by atoms with Gasteiger partial charge in [-0.2, -0.15) is 8.78 Å². The Morgan fingerprint density at radius 3 is 2.53 bits per heavy atom. The molecule has 1 heterocycles. The Labute approximate surface area is 97.4 Å². The first-order valence-electron chi connectivity index (χ1n) is 5.26. The van der Waals surface area contributed by atoms with E-state index in [0.29, 0.717) is 17.8 Å². The highest BCUT2D eigenvalue weighted by Gasteiger charge is 2.34. The van der Waals surface area contributed by atoms with Gasteiger partial charge in [-0.15, -0.1) is 0 Å². The van der Waals surface area contributed by atoms with Gasteiger partial charge in [-0.05, 0) is 24.3 Å². The van der Waals surface area contributed by atoms with E-state index in [2.05, 4.69) is 5.32 Å². The first kappa shape index (κ1) is 11.8. The summed E-state index contributed by atoms with van der Waals surface area (Å²) in [5.41, 5.74) is 6.14. The SMILES string of the molecule is NC(=O)c1ccc(N2CCNC(F)(F)C2)cc1. The monoisotopic (exact) mass is 241 g/mol. The average molecular weight is 241 g/mol. The second-order valence-corrected chi connectivity index (χ2v) is 3.96. The summed E-state index contributed by atoms with van der Waals surface area (Å²) in [7, 11) is 0. The number of hydrogen-bond donors (Lipinski definition) is 2. The lowest BCUT2D eigenvalue weighted by atomic mass is 10.1. The van der Waals surface area contributed by atoms with Crippen molar-refractivity contribution in [2.24, 2.45) is 5.73 Å². The summed E-state index contributed by atoms with van der Waals surface area (Å²) in [6.07, 6.45) is 0. The molecule has 2 rings (SSSR count). The number of alkyl halides is 2. The maximum Gasteiger partial charge on any atom is 0.319 e. The summed E-state index contributed by atoms with van der Waals surface area (Å²) in [6, 6.07) is 3.46. The van der Waals surface area contributed by atoms with Crippen molar-refractivity contribution < 1.29 is 13.6 Å². The van der Waals surface area contributed by atoms with E-state index in [0.717, 1.165) is 0 Å². The minimum absolute atomic E-state index is 0.227. The van der Waals surface area contributed by atoms with E-state index in [1.165, 1.54) is 12.1 Å². The van der Waals surface area contributed by atoms with Gasteiger partial charge in [0.1, 0.15) is 0 Å². The molecule has 0 saturated carbocycles. The van der Waals surface area contributed by atoms with Gasteiger partial charge in [0.2, 0.25) is 5.91 Å². The Morgan fingerprint density at radius 1 is 1.35 bits per heavy atom. The number of hydrogen-bond acceptors (Lipinski definition) is 3. The van der Waals surface area contributed by atoms with Crippen molar-refractivity contribution >= 4 is 11.6 Å². The van der Waals surface area contributed by atoms with Crippen molar-refractivity contribution in [1.82, 2.24) is 5.32 Å². The molecule has 1 amide bonds. The topological polar surface area (TPSA) is 58.4 Å². The predicted octanol–water partition coefficient (Wildman–Crippen LogP) is 0.788. The van der Waals surface area contributed by atoms with Gasteiger partial charge in [0.15, 0.2) is 0 Å². The molecule has 17 heavy (non-hydrogen) atoms. The van der Waals surface area contributed by atoms with E-state index in [-0.39, 0.29) is 13.1 Å². The summed E-state index contributed by atoms with van der Waals surface area (Å²) in [6.45, 7) is 0.360. The highest BCUT2D eigenvalue weighted by molar-refractivity contribution is 5.93. The number of anilines is 1. The van der Waals surface area contributed by atoms with Crippen LogP contribution >= 0.6 is 0 Å². The molecule has 0 atom stereocenters. The number of halogens is 2. The van der Waals surface area contributed by atoms with Gasteiger partial charge in [-0.25, -0.2) is 0 Å². The quantitative estimate of drug-likeness (QED) is 0.752. The molecular formula is C11H13F2N3O. The molecule has 1 saturated heterocycles. The van der Waals surface area contributed by atoms with Crippen LogP contribution in [-0.2, 0) is 0 Å². The number of amides is 1. The van der Waals surface area contributed by atoms with Gasteiger partial charge in [-0.3, -0.25) is 10.1 Å². The van der Waals surface area contributed by atoms with Gasteiger partial charge < -0.3 is 10.6 Å². The Hall–Kier alpha value is -1.69. The van der Waals surface area contributed by atoms with Crippen LogP contribution in [0.5, 0.6) is 0 Å². The third-order valence-electron chi connectivity index (χ3n) is 2.67. The lowest BCUT2D eigenvalue weighted by Crippen LogP contribution is -2.55. The zero-order chi connectivity index (χ0) is 12.5. The molecule has 0 aliphatic carbocycles. The Kier molecular flexibility index (Phi) is 2.97. The number of carbonyl (C=O) groups excluding carboxylic acids is 1. The number of benzene rings is 1. The molecule has 0 unspecified atom stereocenters. The molecule has 3 N–H and O–H groups in total. The molecule has 1 fully saturated rings. The number of nitrogens with two attached hydrogens (primary N) is 1. The van der Waals surface area contributed by atoms with Crippen LogP contribution < -0.4 is 16.0 Å². The van der Waals surface area contributed by atoms with Crippen LogP contribution in [0, 0.1) is 0 Å². The number of primary amides is 1. The fraction of sp³-hybridized carbons (Fsp3) is 0.364. The normalized spacial score (nSPS) is 19.1. The first-order valence-corrected chi connectivity index (χ1v) is 5.26. The Bertz CT molecular complexity index is 419. The van der Waals surface area contributed by atoms with Crippen molar-refractivity contribution in [3.8, 4) is 0 Å². The zero-order valence-corrected chi connectivity index (χ0v) is 9.12. The minimum atomic E-state index is -2.87. The largest absolute Gasteiger partial charge is 0.366 e. The van der Waals surface area contributed by atoms with E-state index in [4.69, 9.17) is 5.73 Å². The van der Waals surface area contributed by atoms with Crippen LogP contribution in [0.2, 0.25) is 0 Å². The second-order valence-electron chi connectivity index (χ2n) is 3.96. The van der Waals surface area contributed by atoms with Crippen molar-refractivity contribution in [3.63, 3.8) is 0 Å². The predicted molar refractivity (Wildman–Crippen MR) is 60.1 cm³/mol. The molecule has 4 nitrogen and oxygen atoms in total. The third kappa shape index (κ3) is 2.71. The Morgan fingerprint density at radius 2 is 2.00 bits per heavy atom. The van der Waals surface area contributed by atoms with E-state index >= 15 is 0 Å². The van der Waals surface area contributed by atoms with E-state index in [9.17, 15) is 13.6 Å². The number of rotatable bonds is 2. The van der Waals surface area contributed by atoms with E-state index in [1.807, 2.05) is 0 Å². The number of nitrogens with one attached hydrogen (secondary N) is 1. The molecule has 6 heteroatoms. The molecule has 1 aromatic rings. The van der Waals surface area contributed by atoms with Crippen LogP contribution in [0.4, 0.5) is 14.5 Å². The smallest absolute Gasteiger partial charge is 0.319 e. The van der Waals surface area contributed by atoms with Crippen molar-refractivity contribution in [1.29, 1.82) is 0 Å². The van der Waals surface area contributed by atoms with Gasteiger partial charge >= 0.3 is 6.05 Å². The Balaban J connectivity index is 2.14. The van der Waals surface area contributed by atoms with Crippen LogP contribution in [0.25, 0.3) is 0 Å². The van der Waals surface area contributed by atoms with Gasteiger partial charge in [0.05, 0.1) is 6.54 Å². The van der Waals surface area contributed by atoms with Crippen molar-refractivity contribution in [2.75, 3.05) is 24.5 Å². The molecule has 92 valence electrons. The molecule has 0 spiro atoms. The summed E-state index contributed by atoms with van der Waals surface area (Å²) < 4.78 is 26.2. The van der Waals surface area contributed by atoms with Crippen LogP contribution in [0.3, 0.4) is 0 Å². The van der Waals surface area contributed by atoms with Crippen molar-refractivity contribution in [3.05, 3.63) is 29.8 Å². The van der Waals surface area contributed by atoms with Crippen LogP contribution in [0.1, 0.15) is 10.4 Å². The first-order chi connectivity index (χ1) is 7.98. The maximum atomic E-state index is 13.1. The van der Waals surface area contributed by atoms with Crippen LogP contribution in [-0.4, -0.2) is 31.6 Å². The summed E-state index contributed by atoms with van der Waals surface area (Å²) >= 11 is 0. The molecule has 1 aromatic carbocycles. The van der Waals surface area contributed by atoms with E-state index < -0.39 is 12.0 Å². The average Bonchev–Trinajstić information content (AvgIpc) is 2.28. The fourth-order valence-electron chi connectivity index (χ4n) is 1.81. The minimum Gasteiger partial charge on any atom is -0.366 e. The number of carbonyl (C=O) groups is 1. The summed E-state index contributed by atoms with van der Waals surface area (Å²) in [5, 5.41) is 2.14. The third-order valence-corrected chi connectivity index (χ3v) is 2.67. The number of piperazine rings is 1. The molecule has 0 bridgehead atoms. The van der Waals surface area contributed by atoms with Gasteiger partial charge in [-0.1, -0.05) is 0 Å². The molecule has 0 aromatic heterocycles. The van der Waals surface area contributed by atoms with Crippen LogP contribution in [0.15, 0.2) is 24.3 Å². The highest BCUT2D eigenvalue weighted by atomic mass is 19.3. The molecular weight excluding hydrogens is 228 g/mol. The van der Waals surface area contributed by atoms with Crippen molar-refractivity contribution in [2.45, 2.75) is 6.05 Å². The summed E-state index contributed by atoms with van der Waals surface area (Å²) in [5.74, 6) is -0.526. The molecule has 1 aliphatic heterocycles. The second kappa shape index (κ2) is 4.29.